The van der Waals surface area contributed by atoms with Crippen LogP contribution in [0.4, 0.5) is 0 Å². The van der Waals surface area contributed by atoms with Gasteiger partial charge in [-0.05, 0) is 75.1 Å². The number of phenolic OH excluding ortho intramolecular Hbond substituents is 1. The number of unbranched alkanes of at least 4 members (excludes halogenated alkanes) is 1. The molecule has 0 spiro atoms. The van der Waals surface area contributed by atoms with Crippen molar-refractivity contribution in [3.8, 4) is 17.2 Å². The van der Waals surface area contributed by atoms with E-state index in [9.17, 15) is 9.90 Å². The molecule has 2 aliphatic rings. The largest absolute Gasteiger partial charge is 0.508 e. The summed E-state index contributed by atoms with van der Waals surface area (Å²) in [5, 5.41) is 9.45. The maximum absolute atomic E-state index is 12.9. The zero-order valence-corrected chi connectivity index (χ0v) is 18.9. The first-order valence-electron chi connectivity index (χ1n) is 10.7. The van der Waals surface area contributed by atoms with Crippen molar-refractivity contribution in [1.82, 2.24) is 4.90 Å². The predicted molar refractivity (Wildman–Crippen MR) is 122 cm³/mol. The topological polar surface area (TPSA) is 59.0 Å². The predicted octanol–water partition coefficient (Wildman–Crippen LogP) is 4.97. The van der Waals surface area contributed by atoms with E-state index in [2.05, 4.69) is 4.90 Å². The molecule has 2 aromatic rings. The smallest absolute Gasteiger partial charge is 0.177 e. The van der Waals surface area contributed by atoms with Gasteiger partial charge in [-0.15, -0.1) is 17.0 Å². The van der Waals surface area contributed by atoms with E-state index in [0.717, 1.165) is 30.7 Å². The Bertz CT molecular complexity index is 834. The Balaban J connectivity index is 0.00000256. The first-order chi connectivity index (χ1) is 14.2. The molecule has 162 valence electrons. The van der Waals surface area contributed by atoms with Crippen molar-refractivity contribution in [1.29, 1.82) is 0 Å². The van der Waals surface area contributed by atoms with Gasteiger partial charge in [0, 0.05) is 6.07 Å². The van der Waals surface area contributed by atoms with Gasteiger partial charge >= 0.3 is 0 Å². The summed E-state index contributed by atoms with van der Waals surface area (Å²) < 4.78 is 11.8. The number of phenols is 1. The number of likely N-dealkylation sites (tertiary alicyclic amines) is 1. The molecule has 0 aromatic heterocycles. The van der Waals surface area contributed by atoms with Gasteiger partial charge < -0.3 is 19.5 Å². The number of piperidine rings is 1. The lowest BCUT2D eigenvalue weighted by molar-refractivity contribution is 0.0896. The molecule has 30 heavy (non-hydrogen) atoms. The van der Waals surface area contributed by atoms with Crippen molar-refractivity contribution in [2.75, 3.05) is 32.8 Å². The summed E-state index contributed by atoms with van der Waals surface area (Å²) in [6.45, 7) is 4.61. The highest BCUT2D eigenvalue weighted by Crippen LogP contribution is 2.35. The molecule has 2 heterocycles. The number of fused-ring (bicyclic) bond motifs is 1. The van der Waals surface area contributed by atoms with Crippen LogP contribution in [0.25, 0.3) is 0 Å². The van der Waals surface area contributed by atoms with Crippen LogP contribution in [0, 0.1) is 0 Å². The minimum absolute atomic E-state index is 0. The molecule has 1 unspecified atom stereocenters. The number of carbonyl (C=O) groups is 1. The van der Waals surface area contributed by atoms with E-state index in [1.54, 1.807) is 30.3 Å². The van der Waals surface area contributed by atoms with E-state index in [4.69, 9.17) is 9.47 Å². The number of hydrogen-bond donors (Lipinski definition) is 1. The SMILES string of the molecule is Br.O=C1c2ccc(OCCCCN3CCCCC3)cc2OCC1c1ccc(O)cc1. The van der Waals surface area contributed by atoms with Gasteiger partial charge in [0.25, 0.3) is 0 Å². The Morgan fingerprint density at radius 2 is 1.80 bits per heavy atom. The fourth-order valence-corrected chi connectivity index (χ4v) is 4.12. The van der Waals surface area contributed by atoms with Gasteiger partial charge in [-0.25, -0.2) is 0 Å². The Labute approximate surface area is 188 Å². The summed E-state index contributed by atoms with van der Waals surface area (Å²) >= 11 is 0. The molecule has 0 bridgehead atoms. The minimum atomic E-state index is -0.343. The van der Waals surface area contributed by atoms with Crippen LogP contribution < -0.4 is 9.47 Å². The summed E-state index contributed by atoms with van der Waals surface area (Å²) in [5.74, 6) is 1.24. The fraction of sp³-hybridized carbons (Fsp3) is 0.458. The number of Topliss-reactive ketones (excluding diaryl/α,β-unsaturated/α-hetero) is 1. The summed E-state index contributed by atoms with van der Waals surface area (Å²) in [7, 11) is 0. The molecule has 0 radical (unpaired) electrons. The number of rotatable bonds is 7. The lowest BCUT2D eigenvalue weighted by atomic mass is 9.89. The second kappa shape index (κ2) is 10.8. The first kappa shape index (κ1) is 22.6. The number of ketones is 1. The van der Waals surface area contributed by atoms with Crippen LogP contribution in [0.3, 0.4) is 0 Å². The molecule has 0 saturated carbocycles. The number of hydrogen-bond acceptors (Lipinski definition) is 5. The van der Waals surface area contributed by atoms with Gasteiger partial charge in [0.2, 0.25) is 0 Å². The molecular weight excluding hydrogens is 446 g/mol. The Hall–Kier alpha value is -2.05. The molecule has 1 atom stereocenters. The molecule has 5 nitrogen and oxygen atoms in total. The number of halogens is 1. The van der Waals surface area contributed by atoms with E-state index in [-0.39, 0.29) is 34.4 Å². The maximum atomic E-state index is 12.9. The minimum Gasteiger partial charge on any atom is -0.508 e. The molecule has 0 aliphatic carbocycles. The Kier molecular flexibility index (Phi) is 8.16. The molecule has 4 rings (SSSR count). The molecule has 1 fully saturated rings. The van der Waals surface area contributed by atoms with Crippen LogP contribution in [-0.4, -0.2) is 48.6 Å². The summed E-state index contributed by atoms with van der Waals surface area (Å²) in [4.78, 5) is 15.4. The van der Waals surface area contributed by atoms with E-state index in [1.165, 1.54) is 32.4 Å². The summed E-state index contributed by atoms with van der Waals surface area (Å²) in [6.07, 6.45) is 6.21. The van der Waals surface area contributed by atoms with Gasteiger partial charge in [-0.3, -0.25) is 4.79 Å². The molecule has 1 N–H and O–H groups in total. The van der Waals surface area contributed by atoms with Gasteiger partial charge in [0.05, 0.1) is 18.1 Å². The van der Waals surface area contributed by atoms with E-state index >= 15 is 0 Å². The van der Waals surface area contributed by atoms with Crippen molar-refractivity contribution in [3.63, 3.8) is 0 Å². The zero-order valence-electron chi connectivity index (χ0n) is 17.2. The maximum Gasteiger partial charge on any atom is 0.177 e. The number of carbonyl (C=O) groups excluding carboxylic acids is 1. The number of ether oxygens (including phenoxy) is 2. The molecular formula is C24H30BrNO4. The highest BCUT2D eigenvalue weighted by molar-refractivity contribution is 8.93. The second-order valence-corrected chi connectivity index (χ2v) is 7.94. The summed E-state index contributed by atoms with van der Waals surface area (Å²) in [6, 6.07) is 12.2. The lowest BCUT2D eigenvalue weighted by Crippen LogP contribution is -2.30. The van der Waals surface area contributed by atoms with E-state index in [1.807, 2.05) is 12.1 Å². The monoisotopic (exact) mass is 475 g/mol. The van der Waals surface area contributed by atoms with Crippen LogP contribution in [0.15, 0.2) is 42.5 Å². The lowest BCUT2D eigenvalue weighted by Gasteiger charge is -2.26. The molecule has 2 aliphatic heterocycles. The standard InChI is InChI=1S/C24H29NO4.BrH/c26-19-8-6-18(7-9-19)22-17-29-23-16-20(10-11-21(23)24(22)27)28-15-5-4-14-25-12-2-1-3-13-25;/h6-11,16,22,26H,1-5,12-15,17H2;1H. The molecule has 0 amide bonds. The summed E-state index contributed by atoms with van der Waals surface area (Å²) in [5.41, 5.74) is 1.44. The quantitative estimate of drug-likeness (QED) is 0.572. The average Bonchev–Trinajstić information content (AvgIpc) is 2.75. The van der Waals surface area contributed by atoms with Crippen molar-refractivity contribution >= 4 is 22.8 Å². The van der Waals surface area contributed by atoms with Crippen LogP contribution in [0.1, 0.15) is 53.9 Å². The highest BCUT2D eigenvalue weighted by atomic mass is 79.9. The number of aromatic hydroxyl groups is 1. The zero-order chi connectivity index (χ0) is 20.1. The number of benzene rings is 2. The normalized spacial score (nSPS) is 18.8. The van der Waals surface area contributed by atoms with Crippen molar-refractivity contribution < 1.29 is 19.4 Å². The van der Waals surface area contributed by atoms with Crippen LogP contribution >= 0.6 is 17.0 Å². The highest BCUT2D eigenvalue weighted by Gasteiger charge is 2.30. The van der Waals surface area contributed by atoms with Gasteiger partial charge in [0.1, 0.15) is 23.9 Å². The number of nitrogens with zero attached hydrogens (tertiary/aromatic N) is 1. The van der Waals surface area contributed by atoms with Crippen LogP contribution in [0.5, 0.6) is 17.2 Å². The van der Waals surface area contributed by atoms with Crippen molar-refractivity contribution in [2.45, 2.75) is 38.0 Å². The third-order valence-electron chi connectivity index (χ3n) is 5.82. The van der Waals surface area contributed by atoms with Crippen LogP contribution in [0.2, 0.25) is 0 Å². The molecule has 1 saturated heterocycles. The van der Waals surface area contributed by atoms with Gasteiger partial charge in [-0.2, -0.15) is 0 Å². The molecule has 6 heteroatoms. The second-order valence-electron chi connectivity index (χ2n) is 7.94. The Morgan fingerprint density at radius 3 is 2.57 bits per heavy atom. The third kappa shape index (κ3) is 5.55. The van der Waals surface area contributed by atoms with Crippen LogP contribution in [-0.2, 0) is 0 Å². The van der Waals surface area contributed by atoms with Gasteiger partial charge in [-0.1, -0.05) is 18.6 Å². The third-order valence-corrected chi connectivity index (χ3v) is 5.82. The van der Waals surface area contributed by atoms with E-state index < -0.39 is 0 Å². The van der Waals surface area contributed by atoms with E-state index in [0.29, 0.717) is 24.5 Å². The Morgan fingerprint density at radius 1 is 1.03 bits per heavy atom. The average molecular weight is 476 g/mol. The fourth-order valence-electron chi connectivity index (χ4n) is 4.12. The molecule has 2 aromatic carbocycles. The van der Waals surface area contributed by atoms with Crippen molar-refractivity contribution in [2.24, 2.45) is 0 Å². The first-order valence-corrected chi connectivity index (χ1v) is 10.7. The van der Waals surface area contributed by atoms with Gasteiger partial charge in [0.15, 0.2) is 5.78 Å². The van der Waals surface area contributed by atoms with Crippen molar-refractivity contribution in [3.05, 3.63) is 53.6 Å².